The Kier molecular flexibility index (Phi) is 7.48. The average molecular weight is 504 g/mol. The molecule has 0 saturated heterocycles. The maximum absolute atomic E-state index is 13.0. The molecule has 1 unspecified atom stereocenters. The summed E-state index contributed by atoms with van der Waals surface area (Å²) in [6.07, 6.45) is 4.11. The van der Waals surface area contributed by atoms with Crippen molar-refractivity contribution in [3.63, 3.8) is 0 Å². The van der Waals surface area contributed by atoms with E-state index in [1.165, 1.54) is 23.4 Å². The number of amides is 1. The van der Waals surface area contributed by atoms with Crippen LogP contribution in [0, 0.1) is 0 Å². The van der Waals surface area contributed by atoms with Crippen molar-refractivity contribution in [2.75, 3.05) is 18.5 Å². The van der Waals surface area contributed by atoms with Crippen LogP contribution in [0.2, 0.25) is 10.0 Å². The lowest BCUT2D eigenvalue weighted by Gasteiger charge is -2.20. The molecule has 4 heterocycles. The lowest BCUT2D eigenvalue weighted by molar-refractivity contribution is -0.127. The number of hydrogen-bond donors (Lipinski definition) is 2. The smallest absolute Gasteiger partial charge is 0.269 e. The second-order valence-electron chi connectivity index (χ2n) is 7.07. The van der Waals surface area contributed by atoms with Crippen molar-refractivity contribution in [1.29, 1.82) is 0 Å². The Balaban J connectivity index is 1.62. The molecule has 13 heteroatoms. The van der Waals surface area contributed by atoms with E-state index in [1.54, 1.807) is 37.4 Å². The molecule has 0 aliphatic carbocycles. The number of aliphatic hydroxyl groups excluding tert-OH is 1. The summed E-state index contributed by atoms with van der Waals surface area (Å²) in [5.41, 5.74) is 0.383. The zero-order chi connectivity index (χ0) is 24.1. The first-order valence-electron chi connectivity index (χ1n) is 10.1. The zero-order valence-electron chi connectivity index (χ0n) is 17.8. The van der Waals surface area contributed by atoms with Crippen LogP contribution in [-0.2, 0) is 9.53 Å². The third kappa shape index (κ3) is 5.39. The van der Waals surface area contributed by atoms with Crippen LogP contribution in [0.15, 0.2) is 49.2 Å². The number of halogens is 2. The van der Waals surface area contributed by atoms with Gasteiger partial charge in [-0.2, -0.15) is 9.78 Å². The lowest BCUT2D eigenvalue weighted by atomic mass is 10.3. The van der Waals surface area contributed by atoms with Crippen LogP contribution < -0.4 is 10.1 Å². The van der Waals surface area contributed by atoms with Gasteiger partial charge in [0.2, 0.25) is 12.0 Å². The summed E-state index contributed by atoms with van der Waals surface area (Å²) in [4.78, 5) is 29.7. The number of anilines is 1. The fourth-order valence-corrected chi connectivity index (χ4v) is 3.18. The number of nitrogens with zero attached hydrogens (tertiary/aromatic N) is 6. The summed E-state index contributed by atoms with van der Waals surface area (Å²) < 4.78 is 12.9. The van der Waals surface area contributed by atoms with Crippen LogP contribution in [0.25, 0.3) is 16.9 Å². The van der Waals surface area contributed by atoms with Gasteiger partial charge < -0.3 is 19.9 Å². The SMILES string of the molecule is C[C@H](CO)OCC(Oc1ncnc2c1cnn2-c1ncccc1Cl)C(=O)Nc1ccc(Cl)cn1. The van der Waals surface area contributed by atoms with Gasteiger partial charge in [0.15, 0.2) is 11.5 Å². The Morgan fingerprint density at radius 1 is 1.18 bits per heavy atom. The first kappa shape index (κ1) is 23.8. The minimum Gasteiger partial charge on any atom is -0.461 e. The molecule has 0 aromatic carbocycles. The van der Waals surface area contributed by atoms with E-state index in [9.17, 15) is 9.90 Å². The van der Waals surface area contributed by atoms with Crippen molar-refractivity contribution in [2.45, 2.75) is 19.1 Å². The maximum atomic E-state index is 13.0. The molecule has 0 radical (unpaired) electrons. The van der Waals surface area contributed by atoms with Crippen molar-refractivity contribution < 1.29 is 19.4 Å². The van der Waals surface area contributed by atoms with E-state index in [4.69, 9.17) is 32.7 Å². The molecule has 4 aromatic heterocycles. The molecular weight excluding hydrogens is 485 g/mol. The molecule has 0 bridgehead atoms. The van der Waals surface area contributed by atoms with Gasteiger partial charge in [0.05, 0.1) is 35.6 Å². The lowest BCUT2D eigenvalue weighted by Crippen LogP contribution is -2.38. The van der Waals surface area contributed by atoms with E-state index >= 15 is 0 Å². The summed E-state index contributed by atoms with van der Waals surface area (Å²) in [5.74, 6) is 0.232. The minimum absolute atomic E-state index is 0.104. The van der Waals surface area contributed by atoms with Crippen LogP contribution in [0.4, 0.5) is 5.82 Å². The molecule has 1 amide bonds. The molecule has 0 spiro atoms. The van der Waals surface area contributed by atoms with Crippen molar-refractivity contribution in [3.05, 3.63) is 59.2 Å². The number of fused-ring (bicyclic) bond motifs is 1. The molecule has 0 aliphatic heterocycles. The van der Waals surface area contributed by atoms with Gasteiger partial charge in [0.1, 0.15) is 17.5 Å². The summed E-state index contributed by atoms with van der Waals surface area (Å²) in [6.45, 7) is 1.29. The van der Waals surface area contributed by atoms with Crippen LogP contribution in [-0.4, -0.2) is 66.2 Å². The highest BCUT2D eigenvalue weighted by Crippen LogP contribution is 2.26. The monoisotopic (exact) mass is 503 g/mol. The Hall–Kier alpha value is -3.38. The molecule has 4 aromatic rings. The van der Waals surface area contributed by atoms with E-state index in [2.05, 4.69) is 30.4 Å². The molecule has 176 valence electrons. The Morgan fingerprint density at radius 3 is 2.76 bits per heavy atom. The van der Waals surface area contributed by atoms with Crippen molar-refractivity contribution in [3.8, 4) is 11.7 Å². The fourth-order valence-electron chi connectivity index (χ4n) is 2.86. The Labute approximate surface area is 203 Å². The van der Waals surface area contributed by atoms with E-state index in [0.29, 0.717) is 26.9 Å². The molecular formula is C21H19Cl2N7O4. The highest BCUT2D eigenvalue weighted by Gasteiger charge is 2.25. The minimum atomic E-state index is -1.13. The summed E-state index contributed by atoms with van der Waals surface area (Å²) >= 11 is 12.1. The summed E-state index contributed by atoms with van der Waals surface area (Å²) in [7, 11) is 0. The van der Waals surface area contributed by atoms with Crippen LogP contribution in [0.1, 0.15) is 6.92 Å². The highest BCUT2D eigenvalue weighted by atomic mass is 35.5. The van der Waals surface area contributed by atoms with E-state index < -0.39 is 18.1 Å². The first-order valence-corrected chi connectivity index (χ1v) is 10.8. The second kappa shape index (κ2) is 10.7. The van der Waals surface area contributed by atoms with Crippen molar-refractivity contribution in [2.24, 2.45) is 0 Å². The van der Waals surface area contributed by atoms with Crippen molar-refractivity contribution in [1.82, 2.24) is 29.7 Å². The molecule has 11 nitrogen and oxygen atoms in total. The molecule has 34 heavy (non-hydrogen) atoms. The van der Waals surface area contributed by atoms with Gasteiger partial charge in [-0.3, -0.25) is 4.79 Å². The Bertz CT molecular complexity index is 1290. The number of pyridine rings is 2. The number of aliphatic hydroxyl groups is 1. The number of rotatable bonds is 9. The van der Waals surface area contributed by atoms with Gasteiger partial charge in [0.25, 0.3) is 5.91 Å². The molecule has 0 saturated carbocycles. The molecule has 0 aliphatic rings. The van der Waals surface area contributed by atoms with Crippen LogP contribution in [0.5, 0.6) is 5.88 Å². The topological polar surface area (TPSA) is 137 Å². The van der Waals surface area contributed by atoms with Gasteiger partial charge in [-0.1, -0.05) is 23.2 Å². The molecule has 0 fully saturated rings. The largest absolute Gasteiger partial charge is 0.461 e. The number of nitrogens with one attached hydrogen (secondary N) is 1. The number of aromatic nitrogens is 6. The van der Waals surface area contributed by atoms with Gasteiger partial charge in [-0.05, 0) is 31.2 Å². The first-order chi connectivity index (χ1) is 16.5. The maximum Gasteiger partial charge on any atom is 0.269 e. The quantitative estimate of drug-likeness (QED) is 0.352. The van der Waals surface area contributed by atoms with Crippen LogP contribution >= 0.6 is 23.2 Å². The fraction of sp³-hybridized carbons (Fsp3) is 0.238. The summed E-state index contributed by atoms with van der Waals surface area (Å²) in [5, 5.41) is 17.5. The Morgan fingerprint density at radius 2 is 2.03 bits per heavy atom. The predicted molar refractivity (Wildman–Crippen MR) is 124 cm³/mol. The standard InChI is InChI=1S/C21H19Cl2N7O4/c1-12(9-31)33-10-16(20(32)29-17-5-4-13(22)7-25-17)34-21-14-8-28-30(18(14)26-11-27-21)19-15(23)3-2-6-24-19/h2-8,11-12,16,31H,9-10H2,1H3,(H,25,29,32)/t12-,16?/m1/s1. The van der Waals surface area contributed by atoms with Gasteiger partial charge in [-0.15, -0.1) is 0 Å². The number of carbonyl (C=O) groups is 1. The second-order valence-corrected chi connectivity index (χ2v) is 7.91. The van der Waals surface area contributed by atoms with Gasteiger partial charge >= 0.3 is 0 Å². The molecule has 2 N–H and O–H groups in total. The predicted octanol–water partition coefficient (Wildman–Crippen LogP) is 2.70. The van der Waals surface area contributed by atoms with Gasteiger partial charge in [0, 0.05) is 12.4 Å². The van der Waals surface area contributed by atoms with Crippen molar-refractivity contribution >= 4 is 46.0 Å². The van der Waals surface area contributed by atoms with E-state index in [-0.39, 0.29) is 24.9 Å². The number of hydrogen-bond acceptors (Lipinski definition) is 9. The third-order valence-corrected chi connectivity index (χ3v) is 5.10. The molecule has 4 rings (SSSR count). The number of ether oxygens (including phenoxy) is 2. The van der Waals surface area contributed by atoms with Crippen LogP contribution in [0.3, 0.4) is 0 Å². The third-order valence-electron chi connectivity index (χ3n) is 4.58. The van der Waals surface area contributed by atoms with E-state index in [1.807, 2.05) is 0 Å². The average Bonchev–Trinajstić information content (AvgIpc) is 3.28. The summed E-state index contributed by atoms with van der Waals surface area (Å²) in [6, 6.07) is 6.53. The number of carbonyl (C=O) groups excluding carboxylic acids is 1. The van der Waals surface area contributed by atoms with Gasteiger partial charge in [-0.25, -0.2) is 19.9 Å². The zero-order valence-corrected chi connectivity index (χ0v) is 19.3. The molecule has 2 atom stereocenters. The normalized spacial score (nSPS) is 12.9. The highest BCUT2D eigenvalue weighted by molar-refractivity contribution is 6.32. The van der Waals surface area contributed by atoms with E-state index in [0.717, 1.165) is 0 Å².